The smallest absolute Gasteiger partial charge is 0.416 e. The lowest BCUT2D eigenvalue weighted by Crippen LogP contribution is -2.39. The minimum atomic E-state index is -4.46. The van der Waals surface area contributed by atoms with Crippen LogP contribution < -0.4 is 5.32 Å². The molecule has 1 aliphatic rings. The van der Waals surface area contributed by atoms with Gasteiger partial charge in [0.2, 0.25) is 5.91 Å². The summed E-state index contributed by atoms with van der Waals surface area (Å²) in [5, 5.41) is 14.5. The summed E-state index contributed by atoms with van der Waals surface area (Å²) in [6.07, 6.45) is -2.11. The molecule has 0 saturated heterocycles. The van der Waals surface area contributed by atoms with Gasteiger partial charge in [0, 0.05) is 22.9 Å². The Balaban J connectivity index is 1.63. The van der Waals surface area contributed by atoms with Crippen molar-refractivity contribution in [2.24, 2.45) is 16.7 Å². The van der Waals surface area contributed by atoms with Crippen LogP contribution in [-0.2, 0) is 17.5 Å². The van der Waals surface area contributed by atoms with Crippen LogP contribution in [0.2, 0.25) is 5.02 Å². The predicted octanol–water partition coefficient (Wildman–Crippen LogP) is 9.52. The van der Waals surface area contributed by atoms with Crippen molar-refractivity contribution in [2.75, 3.05) is 5.32 Å². The largest absolute Gasteiger partial charge is 0.477 e. The number of nitrogens with zero attached hydrogens (tertiary/aromatic N) is 1. The molecule has 0 radical (unpaired) electrons. The van der Waals surface area contributed by atoms with E-state index in [0.29, 0.717) is 39.9 Å². The first-order valence-electron chi connectivity index (χ1n) is 14.2. The van der Waals surface area contributed by atoms with Gasteiger partial charge in [0.05, 0.1) is 16.8 Å². The van der Waals surface area contributed by atoms with E-state index in [0.717, 1.165) is 24.1 Å². The van der Waals surface area contributed by atoms with E-state index in [9.17, 15) is 27.9 Å². The number of aromatic carboxylic acids is 1. The fourth-order valence-corrected chi connectivity index (χ4v) is 7.18. The highest BCUT2D eigenvalue weighted by molar-refractivity contribution is 6.30. The Hall–Kier alpha value is -3.78. The van der Waals surface area contributed by atoms with Gasteiger partial charge in [0.15, 0.2) is 5.69 Å². The Morgan fingerprint density at radius 1 is 0.953 bits per heavy atom. The van der Waals surface area contributed by atoms with Crippen LogP contribution in [-0.4, -0.2) is 21.6 Å². The molecule has 226 valence electrons. The van der Waals surface area contributed by atoms with Crippen molar-refractivity contribution in [3.05, 3.63) is 88.6 Å². The Morgan fingerprint density at radius 3 is 2.16 bits per heavy atom. The Labute approximate surface area is 253 Å². The summed E-state index contributed by atoms with van der Waals surface area (Å²) >= 11 is 6.23. The minimum absolute atomic E-state index is 0.0451. The highest BCUT2D eigenvalue weighted by atomic mass is 35.5. The van der Waals surface area contributed by atoms with Crippen LogP contribution in [0.1, 0.15) is 68.6 Å². The molecule has 1 fully saturated rings. The fourth-order valence-electron chi connectivity index (χ4n) is 6.97. The van der Waals surface area contributed by atoms with Gasteiger partial charge in [-0.1, -0.05) is 75.7 Å². The van der Waals surface area contributed by atoms with Crippen LogP contribution in [0.25, 0.3) is 22.0 Å². The molecule has 0 atom stereocenters. The summed E-state index contributed by atoms with van der Waals surface area (Å²) in [4.78, 5) is 26.6. The molecule has 1 aliphatic carbocycles. The number of carboxylic acid groups (broad SMARTS) is 1. The second-order valence-electron chi connectivity index (χ2n) is 13.2. The van der Waals surface area contributed by atoms with Crippen molar-refractivity contribution in [1.82, 2.24) is 4.57 Å². The van der Waals surface area contributed by atoms with Crippen molar-refractivity contribution in [3.8, 4) is 11.1 Å². The van der Waals surface area contributed by atoms with E-state index >= 15 is 0 Å². The van der Waals surface area contributed by atoms with Crippen LogP contribution in [0.15, 0.2) is 66.7 Å². The summed E-state index contributed by atoms with van der Waals surface area (Å²) < 4.78 is 41.1. The molecule has 1 saturated carbocycles. The van der Waals surface area contributed by atoms with Crippen molar-refractivity contribution in [3.63, 3.8) is 0 Å². The summed E-state index contributed by atoms with van der Waals surface area (Å²) in [6.45, 7) is 8.74. The van der Waals surface area contributed by atoms with Crippen LogP contribution in [0.4, 0.5) is 18.9 Å². The molecular formula is C34H34ClF3N2O3. The Kier molecular flexibility index (Phi) is 7.88. The monoisotopic (exact) mass is 610 g/mol. The third-order valence-corrected chi connectivity index (χ3v) is 8.45. The van der Waals surface area contributed by atoms with Gasteiger partial charge >= 0.3 is 12.1 Å². The molecule has 43 heavy (non-hydrogen) atoms. The maximum atomic E-state index is 13.8. The second kappa shape index (κ2) is 11.1. The fraction of sp³-hybridized carbons (Fsp3) is 0.353. The number of rotatable bonds is 6. The zero-order chi connectivity index (χ0) is 31.3. The average molecular weight is 611 g/mol. The van der Waals surface area contributed by atoms with E-state index in [2.05, 4.69) is 33.0 Å². The normalized spacial score (nSPS) is 16.7. The molecule has 0 bridgehead atoms. The van der Waals surface area contributed by atoms with E-state index in [1.807, 2.05) is 6.07 Å². The molecule has 0 spiro atoms. The van der Waals surface area contributed by atoms with Crippen LogP contribution in [0, 0.1) is 16.7 Å². The highest BCUT2D eigenvalue weighted by Gasteiger charge is 2.41. The number of hydrogen-bond donors (Lipinski definition) is 2. The molecule has 0 aliphatic heterocycles. The molecule has 1 heterocycles. The van der Waals surface area contributed by atoms with Crippen LogP contribution in [0.3, 0.4) is 0 Å². The maximum absolute atomic E-state index is 13.8. The number of carboxylic acids is 1. The highest BCUT2D eigenvalue weighted by Crippen LogP contribution is 2.49. The number of aromatic nitrogens is 1. The number of carbonyl (C=O) groups excluding carboxylic acids is 1. The standard InChI is InChI=1S/C34H34ClF3N2O3/c1-32(2)16-23(17-33(3,4)19-32)30(41)39-28-26-13-10-22(21-8-11-24(12-9-21)34(36,37)38)15-27(26)40(29(28)31(42)43)18-20-6-5-7-25(35)14-20/h5-15,23H,16-19H2,1-4H3,(H,39,41)(H,42,43). The lowest BCUT2D eigenvalue weighted by molar-refractivity contribution is -0.137. The topological polar surface area (TPSA) is 71.3 Å². The summed E-state index contributed by atoms with van der Waals surface area (Å²) in [5.41, 5.74) is 1.70. The minimum Gasteiger partial charge on any atom is -0.477 e. The first-order valence-corrected chi connectivity index (χ1v) is 14.5. The van der Waals surface area contributed by atoms with Gasteiger partial charge in [-0.3, -0.25) is 4.79 Å². The molecule has 9 heteroatoms. The number of hydrogen-bond acceptors (Lipinski definition) is 2. The van der Waals surface area contributed by atoms with Crippen molar-refractivity contribution in [2.45, 2.75) is 59.7 Å². The lowest BCUT2D eigenvalue weighted by Gasteiger charge is -2.44. The van der Waals surface area contributed by atoms with Gasteiger partial charge in [-0.2, -0.15) is 13.2 Å². The van der Waals surface area contributed by atoms with Gasteiger partial charge in [0.1, 0.15) is 0 Å². The van der Waals surface area contributed by atoms with Crippen molar-refractivity contribution >= 4 is 40.1 Å². The molecule has 1 aromatic heterocycles. The molecule has 1 amide bonds. The zero-order valence-electron chi connectivity index (χ0n) is 24.5. The summed E-state index contributed by atoms with van der Waals surface area (Å²) in [6, 6.07) is 17.1. The molecule has 2 N–H and O–H groups in total. The molecule has 0 unspecified atom stereocenters. The molecule has 5 rings (SSSR count). The average Bonchev–Trinajstić information content (AvgIpc) is 3.18. The summed E-state index contributed by atoms with van der Waals surface area (Å²) in [7, 11) is 0. The zero-order valence-corrected chi connectivity index (χ0v) is 25.2. The number of nitrogens with one attached hydrogen (secondary N) is 1. The first-order chi connectivity index (χ1) is 20.0. The van der Waals surface area contributed by atoms with Crippen molar-refractivity contribution in [1.29, 1.82) is 0 Å². The van der Waals surface area contributed by atoms with Crippen molar-refractivity contribution < 1.29 is 27.9 Å². The summed E-state index contributed by atoms with van der Waals surface area (Å²) in [5.74, 6) is -1.73. The number of amides is 1. The molecular weight excluding hydrogens is 577 g/mol. The Morgan fingerprint density at radius 2 is 1.58 bits per heavy atom. The number of carbonyl (C=O) groups is 2. The van der Waals surface area contributed by atoms with E-state index < -0.39 is 17.7 Å². The quantitative estimate of drug-likeness (QED) is 0.228. The van der Waals surface area contributed by atoms with Crippen LogP contribution >= 0.6 is 11.6 Å². The SMILES string of the molecule is CC1(C)CC(C(=O)Nc2c(C(=O)O)n(Cc3cccc(Cl)c3)c3cc(-c4ccc(C(F)(F)F)cc4)ccc23)CC(C)(C)C1. The van der Waals surface area contributed by atoms with E-state index in [-0.39, 0.29) is 40.6 Å². The lowest BCUT2D eigenvalue weighted by atomic mass is 9.61. The first kappa shape index (κ1) is 30.7. The number of halogens is 4. The third kappa shape index (κ3) is 6.59. The molecule has 5 nitrogen and oxygen atoms in total. The molecule has 4 aromatic rings. The van der Waals surface area contributed by atoms with E-state index in [1.165, 1.54) is 12.1 Å². The third-order valence-electron chi connectivity index (χ3n) is 8.22. The van der Waals surface area contributed by atoms with E-state index in [4.69, 9.17) is 11.6 Å². The Bertz CT molecular complexity index is 1690. The number of anilines is 1. The molecule has 3 aromatic carbocycles. The number of fused-ring (bicyclic) bond motifs is 1. The van der Waals surface area contributed by atoms with Gasteiger partial charge in [0.25, 0.3) is 0 Å². The number of alkyl halides is 3. The van der Waals surface area contributed by atoms with Gasteiger partial charge in [-0.25, -0.2) is 4.79 Å². The van der Waals surface area contributed by atoms with E-state index in [1.54, 1.807) is 41.0 Å². The van der Waals surface area contributed by atoms with Gasteiger partial charge in [-0.15, -0.1) is 0 Å². The second-order valence-corrected chi connectivity index (χ2v) is 13.6. The van der Waals surface area contributed by atoms with Crippen LogP contribution in [0.5, 0.6) is 0 Å². The maximum Gasteiger partial charge on any atom is 0.416 e. The number of benzene rings is 3. The predicted molar refractivity (Wildman–Crippen MR) is 163 cm³/mol. The van der Waals surface area contributed by atoms with Gasteiger partial charge in [-0.05, 0) is 77.1 Å². The van der Waals surface area contributed by atoms with Gasteiger partial charge < -0.3 is 15.0 Å².